The number of hydrogen-bond acceptors (Lipinski definition) is 6. The van der Waals surface area contributed by atoms with Gasteiger partial charge in [0.2, 0.25) is 5.91 Å². The average molecular weight is 441 g/mol. The predicted molar refractivity (Wildman–Crippen MR) is 117 cm³/mol. The summed E-state index contributed by atoms with van der Waals surface area (Å²) < 4.78 is 6.36. The maximum absolute atomic E-state index is 13.6. The molecule has 5 saturated carbocycles. The second kappa shape index (κ2) is 7.17. The number of piperidine rings is 1. The molecule has 2 heterocycles. The van der Waals surface area contributed by atoms with Crippen molar-refractivity contribution < 1.29 is 14.3 Å². The Morgan fingerprint density at radius 2 is 1.78 bits per heavy atom. The van der Waals surface area contributed by atoms with Gasteiger partial charge < -0.3 is 15.4 Å². The minimum absolute atomic E-state index is 0.0320. The maximum atomic E-state index is 13.6. The SMILES string of the molecule is CC(C(=O)OC12CC3CC(C1)CC([C@H](N)C(=O)N1[C@H](C#N)C[C@@H]4C[C@@H]41)(C3)C2)N1CCCC1. The van der Waals surface area contributed by atoms with E-state index in [1.807, 2.05) is 11.8 Å². The molecule has 0 spiro atoms. The zero-order valence-electron chi connectivity index (χ0n) is 19.2. The highest BCUT2D eigenvalue weighted by Gasteiger charge is 2.64. The van der Waals surface area contributed by atoms with Crippen molar-refractivity contribution in [3.8, 4) is 6.07 Å². The Morgan fingerprint density at radius 1 is 1.09 bits per heavy atom. The topological polar surface area (TPSA) is 99.7 Å². The molecule has 7 rings (SSSR count). The van der Waals surface area contributed by atoms with Gasteiger partial charge in [-0.1, -0.05) is 0 Å². The number of amides is 1. The first-order valence-electron chi connectivity index (χ1n) is 12.8. The number of ether oxygens (including phenoxy) is 1. The van der Waals surface area contributed by atoms with Crippen LogP contribution in [-0.4, -0.2) is 64.5 Å². The van der Waals surface area contributed by atoms with Crippen molar-refractivity contribution in [2.45, 2.75) is 101 Å². The Labute approximate surface area is 190 Å². The third-order valence-corrected chi connectivity index (χ3v) is 9.83. The van der Waals surface area contributed by atoms with Crippen LogP contribution < -0.4 is 5.73 Å². The highest BCUT2D eigenvalue weighted by molar-refractivity contribution is 5.84. The Kier molecular flexibility index (Phi) is 4.69. The zero-order chi connectivity index (χ0) is 22.3. The van der Waals surface area contributed by atoms with E-state index in [0.29, 0.717) is 24.2 Å². The lowest BCUT2D eigenvalue weighted by molar-refractivity contribution is -0.209. The molecule has 5 aliphatic carbocycles. The lowest BCUT2D eigenvalue weighted by atomic mass is 9.46. The number of hydrogen-bond donors (Lipinski definition) is 1. The summed E-state index contributed by atoms with van der Waals surface area (Å²) in [7, 11) is 0. The summed E-state index contributed by atoms with van der Waals surface area (Å²) in [6.07, 6.45) is 9.73. The third kappa shape index (κ3) is 3.13. The smallest absolute Gasteiger partial charge is 0.323 e. The van der Waals surface area contributed by atoms with Crippen LogP contribution in [-0.2, 0) is 14.3 Å². The van der Waals surface area contributed by atoms with E-state index < -0.39 is 11.6 Å². The molecular formula is C25H36N4O3. The molecule has 3 unspecified atom stereocenters. The Balaban J connectivity index is 1.22. The minimum atomic E-state index is -0.599. The van der Waals surface area contributed by atoms with Crippen LogP contribution in [0.5, 0.6) is 0 Å². The number of nitriles is 1. The van der Waals surface area contributed by atoms with Crippen LogP contribution in [0.2, 0.25) is 0 Å². The van der Waals surface area contributed by atoms with E-state index in [4.69, 9.17) is 10.5 Å². The fourth-order valence-electron chi connectivity index (χ4n) is 8.62. The molecule has 7 fully saturated rings. The predicted octanol–water partition coefficient (Wildman–Crippen LogP) is 2.19. The van der Waals surface area contributed by atoms with E-state index in [-0.39, 0.29) is 35.4 Å². The molecule has 7 atom stereocenters. The number of likely N-dealkylation sites (tertiary alicyclic amines) is 2. The molecule has 0 aromatic carbocycles. The van der Waals surface area contributed by atoms with Crippen LogP contribution in [0.4, 0.5) is 0 Å². The van der Waals surface area contributed by atoms with Gasteiger partial charge in [-0.2, -0.15) is 5.26 Å². The molecular weight excluding hydrogens is 404 g/mol. The van der Waals surface area contributed by atoms with E-state index >= 15 is 0 Å². The van der Waals surface area contributed by atoms with Crippen molar-refractivity contribution in [3.05, 3.63) is 0 Å². The number of esters is 1. The molecule has 2 saturated heterocycles. The van der Waals surface area contributed by atoms with Gasteiger partial charge in [-0.15, -0.1) is 0 Å². The van der Waals surface area contributed by atoms with Gasteiger partial charge in [0, 0.05) is 6.04 Å². The van der Waals surface area contributed by atoms with Gasteiger partial charge in [0.15, 0.2) is 0 Å². The lowest BCUT2D eigenvalue weighted by Gasteiger charge is -2.62. The van der Waals surface area contributed by atoms with Gasteiger partial charge >= 0.3 is 5.97 Å². The molecule has 0 aromatic heterocycles. The number of carbonyl (C=O) groups excluding carboxylic acids is 2. The van der Waals surface area contributed by atoms with Gasteiger partial charge in [0.05, 0.1) is 12.1 Å². The summed E-state index contributed by atoms with van der Waals surface area (Å²) in [6.45, 7) is 3.91. The summed E-state index contributed by atoms with van der Waals surface area (Å²) in [5.41, 5.74) is 6.03. The highest BCUT2D eigenvalue weighted by atomic mass is 16.6. The fourth-order valence-corrected chi connectivity index (χ4v) is 8.62. The first-order valence-corrected chi connectivity index (χ1v) is 12.8. The minimum Gasteiger partial charge on any atom is -0.458 e. The van der Waals surface area contributed by atoms with Crippen molar-refractivity contribution >= 4 is 11.9 Å². The normalized spacial score (nSPS) is 45.9. The Morgan fingerprint density at radius 3 is 2.44 bits per heavy atom. The van der Waals surface area contributed by atoms with Gasteiger partial charge in [0.25, 0.3) is 0 Å². The van der Waals surface area contributed by atoms with Crippen molar-refractivity contribution in [2.24, 2.45) is 28.9 Å². The van der Waals surface area contributed by atoms with Crippen molar-refractivity contribution in [2.75, 3.05) is 13.1 Å². The van der Waals surface area contributed by atoms with Crippen LogP contribution in [0.25, 0.3) is 0 Å². The summed E-state index contributed by atoms with van der Waals surface area (Å²) in [4.78, 5) is 30.8. The Bertz CT molecular complexity index is 848. The fraction of sp³-hybridized carbons (Fsp3) is 0.880. The van der Waals surface area contributed by atoms with E-state index in [1.165, 1.54) is 6.42 Å². The second-order valence-corrected chi connectivity index (χ2v) is 12.0. The molecule has 2 N–H and O–H groups in total. The number of fused-ring (bicyclic) bond motifs is 1. The van der Waals surface area contributed by atoms with Crippen LogP contribution in [0.3, 0.4) is 0 Å². The molecule has 174 valence electrons. The number of nitrogens with two attached hydrogens (primary N) is 1. The molecule has 4 bridgehead atoms. The van der Waals surface area contributed by atoms with Gasteiger partial charge in [0.1, 0.15) is 17.7 Å². The lowest BCUT2D eigenvalue weighted by Crippen LogP contribution is -2.66. The maximum Gasteiger partial charge on any atom is 0.323 e. The molecule has 32 heavy (non-hydrogen) atoms. The van der Waals surface area contributed by atoms with Crippen molar-refractivity contribution in [1.82, 2.24) is 9.80 Å². The largest absolute Gasteiger partial charge is 0.458 e. The van der Waals surface area contributed by atoms with Crippen LogP contribution >= 0.6 is 0 Å². The number of nitrogens with zero attached hydrogens (tertiary/aromatic N) is 3. The van der Waals surface area contributed by atoms with Gasteiger partial charge in [-0.05, 0) is 107 Å². The highest BCUT2D eigenvalue weighted by Crippen LogP contribution is 2.64. The molecule has 0 radical (unpaired) electrons. The monoisotopic (exact) mass is 440 g/mol. The first-order chi connectivity index (χ1) is 15.3. The Hall–Kier alpha value is -1.65. The molecule has 7 heteroatoms. The quantitative estimate of drug-likeness (QED) is 0.658. The van der Waals surface area contributed by atoms with E-state index in [2.05, 4.69) is 11.0 Å². The average Bonchev–Trinajstić information content (AvgIpc) is 3.15. The molecule has 7 aliphatic rings. The molecule has 1 amide bonds. The summed E-state index contributed by atoms with van der Waals surface area (Å²) in [5.74, 6) is 1.31. The van der Waals surface area contributed by atoms with Gasteiger partial charge in [-0.25, -0.2) is 0 Å². The third-order valence-electron chi connectivity index (χ3n) is 9.83. The van der Waals surface area contributed by atoms with Crippen LogP contribution in [0.15, 0.2) is 0 Å². The van der Waals surface area contributed by atoms with Crippen molar-refractivity contribution in [1.29, 1.82) is 5.26 Å². The van der Waals surface area contributed by atoms with E-state index in [1.54, 1.807) is 0 Å². The summed E-state index contributed by atoms with van der Waals surface area (Å²) in [5, 5.41) is 9.58. The molecule has 7 nitrogen and oxygen atoms in total. The van der Waals surface area contributed by atoms with E-state index in [9.17, 15) is 14.9 Å². The summed E-state index contributed by atoms with van der Waals surface area (Å²) >= 11 is 0. The molecule has 2 aliphatic heterocycles. The zero-order valence-corrected chi connectivity index (χ0v) is 19.2. The number of carbonyl (C=O) groups is 2. The standard InChI is InChI=1S/C25H36N4O3/c1-15(28-4-2-3-5-28)23(31)32-25-11-16-6-17(12-25)10-24(9-16,14-25)21(27)22(30)29-19(13-26)7-18-8-20(18)29/h15-21H,2-12,14,27H2,1H3/t15?,16?,17?,18-,19+,20+,21-,24?,25?/m1/s1. The van der Waals surface area contributed by atoms with Crippen LogP contribution in [0.1, 0.15) is 71.1 Å². The molecule has 0 aromatic rings. The van der Waals surface area contributed by atoms with Crippen LogP contribution in [0, 0.1) is 34.5 Å². The van der Waals surface area contributed by atoms with Gasteiger partial charge in [-0.3, -0.25) is 14.5 Å². The number of rotatable bonds is 5. The first kappa shape index (κ1) is 20.9. The van der Waals surface area contributed by atoms with E-state index in [0.717, 1.165) is 64.5 Å². The second-order valence-electron chi connectivity index (χ2n) is 12.0. The van der Waals surface area contributed by atoms with Crippen molar-refractivity contribution in [3.63, 3.8) is 0 Å². The summed E-state index contributed by atoms with van der Waals surface area (Å²) in [6, 6.07) is 1.43.